The Balaban J connectivity index is 2.14. The van der Waals surface area contributed by atoms with Crippen LogP contribution < -0.4 is 10.2 Å². The summed E-state index contributed by atoms with van der Waals surface area (Å²) >= 11 is 0. The van der Waals surface area contributed by atoms with Gasteiger partial charge in [0.2, 0.25) is 11.8 Å². The van der Waals surface area contributed by atoms with Gasteiger partial charge in [0.05, 0.1) is 0 Å². The fourth-order valence-corrected chi connectivity index (χ4v) is 1.92. The van der Waals surface area contributed by atoms with Crippen LogP contribution in [0.3, 0.4) is 0 Å². The maximum Gasteiger partial charge on any atom is 0.240 e. The summed E-state index contributed by atoms with van der Waals surface area (Å²) in [4.78, 5) is 36.3. The Labute approximate surface area is 118 Å². The highest BCUT2D eigenvalue weighted by Crippen LogP contribution is 2.20. The molecule has 1 aliphatic rings. The number of benzene rings is 1. The average molecular weight is 274 g/mol. The summed E-state index contributed by atoms with van der Waals surface area (Å²) < 4.78 is 0. The molecule has 1 aliphatic carbocycles. The second-order valence-electron chi connectivity index (χ2n) is 5.05. The number of hydrogen-bond acceptors (Lipinski definition) is 3. The second kappa shape index (κ2) is 5.86. The zero-order chi connectivity index (χ0) is 14.7. The van der Waals surface area contributed by atoms with Gasteiger partial charge in [0.1, 0.15) is 6.54 Å². The summed E-state index contributed by atoms with van der Waals surface area (Å²) in [6.45, 7) is 2.86. The number of hydrogen-bond donors (Lipinski definition) is 1. The predicted octanol–water partition coefficient (Wildman–Crippen LogP) is 1.52. The average Bonchev–Trinajstić information content (AvgIpc) is 3.19. The largest absolute Gasteiger partial charge is 0.352 e. The van der Waals surface area contributed by atoms with E-state index in [1.165, 1.54) is 18.7 Å². The van der Waals surface area contributed by atoms with Gasteiger partial charge in [0.15, 0.2) is 5.78 Å². The third-order valence-electron chi connectivity index (χ3n) is 3.19. The van der Waals surface area contributed by atoms with E-state index >= 15 is 0 Å². The number of carbonyl (C=O) groups is 3. The van der Waals surface area contributed by atoms with Gasteiger partial charge in [0.25, 0.3) is 0 Å². The number of ketones is 1. The molecule has 0 spiro atoms. The van der Waals surface area contributed by atoms with Crippen LogP contribution >= 0.6 is 0 Å². The van der Waals surface area contributed by atoms with Crippen molar-refractivity contribution in [3.63, 3.8) is 0 Å². The zero-order valence-electron chi connectivity index (χ0n) is 11.7. The number of nitrogens with one attached hydrogen (secondary N) is 1. The molecule has 20 heavy (non-hydrogen) atoms. The molecule has 2 rings (SSSR count). The van der Waals surface area contributed by atoms with E-state index in [4.69, 9.17) is 0 Å². The van der Waals surface area contributed by atoms with Crippen molar-refractivity contribution in [3.05, 3.63) is 29.8 Å². The predicted molar refractivity (Wildman–Crippen MR) is 75.6 cm³/mol. The number of amides is 2. The molecule has 5 nitrogen and oxygen atoms in total. The maximum atomic E-state index is 11.8. The van der Waals surface area contributed by atoms with Crippen LogP contribution in [0.4, 0.5) is 5.69 Å². The quantitative estimate of drug-likeness (QED) is 0.828. The van der Waals surface area contributed by atoms with Crippen molar-refractivity contribution in [1.29, 1.82) is 0 Å². The van der Waals surface area contributed by atoms with Crippen LogP contribution in [0.15, 0.2) is 24.3 Å². The van der Waals surface area contributed by atoms with Crippen LogP contribution in [0, 0.1) is 0 Å². The van der Waals surface area contributed by atoms with Crippen molar-refractivity contribution in [2.24, 2.45) is 0 Å². The van der Waals surface area contributed by atoms with Crippen molar-refractivity contribution >= 4 is 23.3 Å². The molecule has 0 saturated heterocycles. The number of carbonyl (C=O) groups excluding carboxylic acids is 3. The molecule has 1 aromatic carbocycles. The Morgan fingerprint density at radius 1 is 1.25 bits per heavy atom. The monoisotopic (exact) mass is 274 g/mol. The van der Waals surface area contributed by atoms with E-state index in [2.05, 4.69) is 5.32 Å². The summed E-state index contributed by atoms with van der Waals surface area (Å²) in [6.07, 6.45) is 2.01. The molecule has 2 amide bonds. The molecule has 0 atom stereocenters. The van der Waals surface area contributed by atoms with E-state index in [1.54, 1.807) is 24.3 Å². The minimum absolute atomic E-state index is 0.0206. The fourth-order valence-electron chi connectivity index (χ4n) is 1.92. The Morgan fingerprint density at radius 3 is 2.50 bits per heavy atom. The summed E-state index contributed by atoms with van der Waals surface area (Å²) in [7, 11) is 0. The highest BCUT2D eigenvalue weighted by Gasteiger charge is 2.25. The minimum Gasteiger partial charge on any atom is -0.352 e. The molecule has 0 radical (unpaired) electrons. The summed E-state index contributed by atoms with van der Waals surface area (Å²) in [5.74, 6) is -0.467. The van der Waals surface area contributed by atoms with Gasteiger partial charge in [-0.25, -0.2) is 0 Å². The molecule has 0 unspecified atom stereocenters. The van der Waals surface area contributed by atoms with E-state index in [-0.39, 0.29) is 30.2 Å². The lowest BCUT2D eigenvalue weighted by Gasteiger charge is -2.21. The number of nitrogens with zero attached hydrogens (tertiary/aromatic N) is 1. The van der Waals surface area contributed by atoms with E-state index in [1.807, 2.05) is 0 Å². The molecule has 1 N–H and O–H groups in total. The van der Waals surface area contributed by atoms with Crippen LogP contribution in [-0.4, -0.2) is 30.2 Å². The van der Waals surface area contributed by atoms with Crippen LogP contribution in [0.2, 0.25) is 0 Å². The lowest BCUT2D eigenvalue weighted by Crippen LogP contribution is -2.40. The Morgan fingerprint density at radius 2 is 1.95 bits per heavy atom. The van der Waals surface area contributed by atoms with Crippen LogP contribution in [-0.2, 0) is 9.59 Å². The SMILES string of the molecule is CC(=O)c1cccc(N(CC(=O)NC2CC2)C(C)=O)c1. The maximum absolute atomic E-state index is 11.8. The van der Waals surface area contributed by atoms with E-state index in [9.17, 15) is 14.4 Å². The molecule has 1 aromatic rings. The lowest BCUT2D eigenvalue weighted by atomic mass is 10.1. The van der Waals surface area contributed by atoms with Gasteiger partial charge in [-0.1, -0.05) is 12.1 Å². The molecular weight excluding hydrogens is 256 g/mol. The normalized spacial score (nSPS) is 13.7. The highest BCUT2D eigenvalue weighted by atomic mass is 16.2. The van der Waals surface area contributed by atoms with Crippen molar-refractivity contribution in [1.82, 2.24) is 5.32 Å². The van der Waals surface area contributed by atoms with Gasteiger partial charge in [0, 0.05) is 24.2 Å². The van der Waals surface area contributed by atoms with E-state index < -0.39 is 0 Å². The van der Waals surface area contributed by atoms with Crippen LogP contribution in [0.25, 0.3) is 0 Å². The van der Waals surface area contributed by atoms with Crippen molar-refractivity contribution < 1.29 is 14.4 Å². The van der Waals surface area contributed by atoms with Gasteiger partial charge in [-0.2, -0.15) is 0 Å². The second-order valence-corrected chi connectivity index (χ2v) is 5.05. The summed E-state index contributed by atoms with van der Waals surface area (Å²) in [5.41, 5.74) is 1.09. The smallest absolute Gasteiger partial charge is 0.240 e. The highest BCUT2D eigenvalue weighted by molar-refractivity contribution is 6.00. The Bertz CT molecular complexity index is 550. The van der Waals surface area contributed by atoms with Gasteiger partial charge < -0.3 is 10.2 Å². The van der Waals surface area contributed by atoms with Gasteiger partial charge in [-0.3, -0.25) is 14.4 Å². The topological polar surface area (TPSA) is 66.5 Å². The first-order valence-electron chi connectivity index (χ1n) is 6.66. The Hall–Kier alpha value is -2.17. The van der Waals surface area contributed by atoms with Gasteiger partial charge in [-0.05, 0) is 31.9 Å². The summed E-state index contributed by atoms with van der Waals surface area (Å²) in [6, 6.07) is 7.02. The van der Waals surface area contributed by atoms with E-state index in [0.29, 0.717) is 11.3 Å². The molecule has 106 valence electrons. The first kappa shape index (κ1) is 14.2. The van der Waals surface area contributed by atoms with Crippen molar-refractivity contribution in [2.75, 3.05) is 11.4 Å². The molecule has 0 bridgehead atoms. The van der Waals surface area contributed by atoms with Crippen molar-refractivity contribution in [3.8, 4) is 0 Å². The molecule has 5 heteroatoms. The molecule has 1 saturated carbocycles. The third-order valence-corrected chi connectivity index (χ3v) is 3.19. The summed E-state index contributed by atoms with van der Waals surface area (Å²) in [5, 5.41) is 2.85. The van der Waals surface area contributed by atoms with Crippen LogP contribution in [0.1, 0.15) is 37.0 Å². The standard InChI is InChI=1S/C15H18N2O3/c1-10(18)12-4-3-5-14(8-12)17(11(2)19)9-15(20)16-13-6-7-13/h3-5,8,13H,6-7,9H2,1-2H3,(H,16,20). The third kappa shape index (κ3) is 3.66. The van der Waals surface area contributed by atoms with Crippen molar-refractivity contribution in [2.45, 2.75) is 32.7 Å². The van der Waals surface area contributed by atoms with Gasteiger partial charge >= 0.3 is 0 Å². The fraction of sp³-hybridized carbons (Fsp3) is 0.400. The number of anilines is 1. The minimum atomic E-state index is -0.225. The van der Waals surface area contributed by atoms with E-state index in [0.717, 1.165) is 12.8 Å². The molecule has 1 fully saturated rings. The first-order valence-corrected chi connectivity index (χ1v) is 6.66. The molecule has 0 aliphatic heterocycles. The first-order chi connectivity index (χ1) is 9.47. The zero-order valence-corrected chi connectivity index (χ0v) is 11.7. The molecule has 0 aromatic heterocycles. The molecular formula is C15H18N2O3. The van der Waals surface area contributed by atoms with Crippen LogP contribution in [0.5, 0.6) is 0 Å². The number of Topliss-reactive ketones (excluding diaryl/α,β-unsaturated/α-hetero) is 1. The number of rotatable bonds is 5. The lowest BCUT2D eigenvalue weighted by molar-refractivity contribution is -0.123. The van der Waals surface area contributed by atoms with Gasteiger partial charge in [-0.15, -0.1) is 0 Å². The molecule has 0 heterocycles. The Kier molecular flexibility index (Phi) is 4.17.